The lowest BCUT2D eigenvalue weighted by atomic mass is 9.93. The van der Waals surface area contributed by atoms with Gasteiger partial charge in [-0.3, -0.25) is 0 Å². The highest BCUT2D eigenvalue weighted by molar-refractivity contribution is 5.89. The summed E-state index contributed by atoms with van der Waals surface area (Å²) < 4.78 is 34.9. The second kappa shape index (κ2) is 9.13. The van der Waals surface area contributed by atoms with E-state index in [-0.39, 0.29) is 0 Å². The first kappa shape index (κ1) is 22.5. The zero-order valence-corrected chi connectivity index (χ0v) is 19.4. The van der Waals surface area contributed by atoms with Crippen molar-refractivity contribution in [2.45, 2.75) is 57.7 Å². The molecule has 5 rings (SSSR count). The van der Waals surface area contributed by atoms with Crippen LogP contribution in [0.15, 0.2) is 24.4 Å². The number of fused-ring (bicyclic) bond motifs is 2. The van der Waals surface area contributed by atoms with E-state index in [4.69, 9.17) is 14.7 Å². The molecule has 1 fully saturated rings. The van der Waals surface area contributed by atoms with E-state index >= 15 is 0 Å². The zero-order chi connectivity index (χ0) is 23.8. The van der Waals surface area contributed by atoms with Gasteiger partial charge in [-0.05, 0) is 50.8 Å². The third kappa shape index (κ3) is 4.15. The lowest BCUT2D eigenvalue weighted by Crippen LogP contribution is -2.30. The van der Waals surface area contributed by atoms with Crippen molar-refractivity contribution in [3.63, 3.8) is 0 Å². The number of nitrogens with one attached hydrogen (secondary N) is 2. The number of halogens is 2. The summed E-state index contributed by atoms with van der Waals surface area (Å²) in [6.07, 6.45) is 3.72. The van der Waals surface area contributed by atoms with Crippen LogP contribution >= 0.6 is 0 Å². The van der Waals surface area contributed by atoms with E-state index < -0.39 is 13.0 Å². The number of imidazole rings is 1. The highest BCUT2D eigenvalue weighted by Crippen LogP contribution is 2.31. The SMILES string of the molecule is CNc1nc(N[C@H]2CC[C@@H](OC)CC2)nn2ccc(-c3ccc4nc(C)n(CC(F)F)c4n3)c12. The molecule has 0 bridgehead atoms. The van der Waals surface area contributed by atoms with Crippen molar-refractivity contribution in [2.24, 2.45) is 0 Å². The molecule has 0 unspecified atom stereocenters. The van der Waals surface area contributed by atoms with E-state index in [9.17, 15) is 8.78 Å². The quantitative estimate of drug-likeness (QED) is 0.420. The Morgan fingerprint density at radius 3 is 2.62 bits per heavy atom. The molecule has 11 heteroatoms. The van der Waals surface area contributed by atoms with E-state index in [2.05, 4.69) is 20.7 Å². The van der Waals surface area contributed by atoms with Crippen molar-refractivity contribution in [1.82, 2.24) is 29.1 Å². The summed E-state index contributed by atoms with van der Waals surface area (Å²) in [5.74, 6) is 1.72. The molecule has 0 atom stereocenters. The molecule has 0 aliphatic heterocycles. The number of alkyl halides is 2. The smallest absolute Gasteiger partial charge is 0.256 e. The number of hydrogen-bond donors (Lipinski definition) is 2. The molecule has 2 N–H and O–H groups in total. The van der Waals surface area contributed by atoms with E-state index in [0.29, 0.717) is 46.6 Å². The van der Waals surface area contributed by atoms with Crippen molar-refractivity contribution in [3.8, 4) is 11.3 Å². The predicted molar refractivity (Wildman–Crippen MR) is 126 cm³/mol. The fraction of sp³-hybridized carbons (Fsp3) is 0.478. The van der Waals surface area contributed by atoms with Gasteiger partial charge in [0.15, 0.2) is 11.5 Å². The first-order chi connectivity index (χ1) is 16.5. The van der Waals surface area contributed by atoms with Gasteiger partial charge in [-0.1, -0.05) is 0 Å². The maximum absolute atomic E-state index is 13.1. The molecule has 1 saturated carbocycles. The van der Waals surface area contributed by atoms with Gasteiger partial charge in [0.1, 0.15) is 16.9 Å². The van der Waals surface area contributed by atoms with Gasteiger partial charge in [-0.2, -0.15) is 4.98 Å². The molecule has 0 aromatic carbocycles. The van der Waals surface area contributed by atoms with Crippen molar-refractivity contribution in [3.05, 3.63) is 30.2 Å². The topological polar surface area (TPSA) is 94.2 Å². The van der Waals surface area contributed by atoms with Gasteiger partial charge < -0.3 is 19.9 Å². The Morgan fingerprint density at radius 1 is 1.12 bits per heavy atom. The second-order valence-corrected chi connectivity index (χ2v) is 8.61. The minimum absolute atomic E-state index is 0.297. The number of nitrogens with zero attached hydrogens (tertiary/aromatic N) is 6. The molecule has 180 valence electrons. The predicted octanol–water partition coefficient (Wildman–Crippen LogP) is 4.13. The molecular formula is C23H28F2N8O. The third-order valence-electron chi connectivity index (χ3n) is 6.47. The van der Waals surface area contributed by atoms with Crippen LogP contribution in [0.25, 0.3) is 27.9 Å². The number of pyridine rings is 1. The average Bonchev–Trinajstić information content (AvgIpc) is 3.39. The molecule has 34 heavy (non-hydrogen) atoms. The Balaban J connectivity index is 1.49. The molecule has 0 spiro atoms. The van der Waals surface area contributed by atoms with E-state index in [1.807, 2.05) is 31.4 Å². The fourth-order valence-electron chi connectivity index (χ4n) is 4.71. The molecule has 4 aromatic rings. The summed E-state index contributed by atoms with van der Waals surface area (Å²) >= 11 is 0. The van der Waals surface area contributed by atoms with Crippen molar-refractivity contribution in [2.75, 3.05) is 24.8 Å². The zero-order valence-electron chi connectivity index (χ0n) is 19.4. The molecule has 9 nitrogen and oxygen atoms in total. The van der Waals surface area contributed by atoms with Gasteiger partial charge in [-0.25, -0.2) is 23.3 Å². The van der Waals surface area contributed by atoms with Crippen LogP contribution in [0.3, 0.4) is 0 Å². The second-order valence-electron chi connectivity index (χ2n) is 8.61. The average molecular weight is 471 g/mol. The monoisotopic (exact) mass is 470 g/mol. The lowest BCUT2D eigenvalue weighted by Gasteiger charge is -2.28. The van der Waals surface area contributed by atoms with Gasteiger partial charge in [0.25, 0.3) is 6.43 Å². The molecule has 0 saturated heterocycles. The van der Waals surface area contributed by atoms with Gasteiger partial charge in [0, 0.05) is 32.0 Å². The van der Waals surface area contributed by atoms with Gasteiger partial charge >= 0.3 is 0 Å². The normalized spacial score (nSPS) is 18.8. The molecule has 0 amide bonds. The lowest BCUT2D eigenvalue weighted by molar-refractivity contribution is 0.0681. The van der Waals surface area contributed by atoms with E-state index in [1.54, 1.807) is 18.5 Å². The van der Waals surface area contributed by atoms with Crippen LogP contribution in [0.2, 0.25) is 0 Å². The van der Waals surface area contributed by atoms with E-state index in [0.717, 1.165) is 36.8 Å². The summed E-state index contributed by atoms with van der Waals surface area (Å²) in [6.45, 7) is 1.27. The standard InChI is InChI=1S/C23H28F2N8O/c1-13-27-18-9-8-17(29-22(18)32(13)12-19(24)25)16-10-11-33-20(16)21(26-2)30-23(31-33)28-14-4-6-15(34-3)7-5-14/h8-11,14-15,19H,4-7,12H2,1-3H3,(H2,26,28,30,31)/t14-,15+. The molecular weight excluding hydrogens is 442 g/mol. The largest absolute Gasteiger partial charge is 0.381 e. The highest BCUT2D eigenvalue weighted by Gasteiger charge is 2.23. The Hall–Kier alpha value is -3.34. The minimum atomic E-state index is -2.49. The number of ether oxygens (including phenoxy) is 1. The van der Waals surface area contributed by atoms with Crippen LogP contribution < -0.4 is 10.6 Å². The summed E-state index contributed by atoms with van der Waals surface area (Å²) in [4.78, 5) is 13.8. The minimum Gasteiger partial charge on any atom is -0.381 e. The number of aromatic nitrogens is 6. The fourth-order valence-corrected chi connectivity index (χ4v) is 4.71. The molecule has 1 aliphatic rings. The molecule has 0 radical (unpaired) electrons. The van der Waals surface area contributed by atoms with Crippen LogP contribution in [0.4, 0.5) is 20.5 Å². The van der Waals surface area contributed by atoms with Gasteiger partial charge in [0.05, 0.1) is 18.3 Å². The Labute approximate surface area is 195 Å². The first-order valence-corrected chi connectivity index (χ1v) is 11.5. The Morgan fingerprint density at radius 2 is 1.91 bits per heavy atom. The summed E-state index contributed by atoms with van der Waals surface area (Å²) in [5.41, 5.74) is 3.24. The molecule has 1 aliphatic carbocycles. The highest BCUT2D eigenvalue weighted by atomic mass is 19.3. The van der Waals surface area contributed by atoms with Gasteiger partial charge in [0.2, 0.25) is 5.95 Å². The van der Waals surface area contributed by atoms with Crippen LogP contribution in [-0.4, -0.2) is 61.9 Å². The van der Waals surface area contributed by atoms with Crippen LogP contribution in [-0.2, 0) is 11.3 Å². The maximum atomic E-state index is 13.1. The molecule has 4 heterocycles. The number of anilines is 2. The third-order valence-corrected chi connectivity index (χ3v) is 6.47. The van der Waals surface area contributed by atoms with Crippen LogP contribution in [0.5, 0.6) is 0 Å². The number of rotatable bonds is 7. The first-order valence-electron chi connectivity index (χ1n) is 11.5. The van der Waals surface area contributed by atoms with Crippen LogP contribution in [0, 0.1) is 6.92 Å². The van der Waals surface area contributed by atoms with Crippen molar-refractivity contribution in [1.29, 1.82) is 0 Å². The number of hydrogen-bond acceptors (Lipinski definition) is 7. The number of aryl methyl sites for hydroxylation is 1. The van der Waals surface area contributed by atoms with Gasteiger partial charge in [-0.15, -0.1) is 5.10 Å². The summed E-state index contributed by atoms with van der Waals surface area (Å²) in [6, 6.07) is 5.86. The molecule has 4 aromatic heterocycles. The summed E-state index contributed by atoms with van der Waals surface area (Å²) in [7, 11) is 3.57. The van der Waals surface area contributed by atoms with Crippen molar-refractivity contribution >= 4 is 28.4 Å². The Kier molecular flexibility index (Phi) is 6.03. The maximum Gasteiger partial charge on any atom is 0.256 e. The summed E-state index contributed by atoms with van der Waals surface area (Å²) in [5, 5.41) is 11.3. The number of methoxy groups -OCH3 is 1. The Bertz CT molecular complexity index is 1310. The van der Waals surface area contributed by atoms with E-state index in [1.165, 1.54) is 4.57 Å². The van der Waals surface area contributed by atoms with Crippen LogP contribution in [0.1, 0.15) is 31.5 Å². The van der Waals surface area contributed by atoms with Crippen molar-refractivity contribution < 1.29 is 13.5 Å².